The van der Waals surface area contributed by atoms with Gasteiger partial charge in [0.25, 0.3) is 0 Å². The second-order valence-corrected chi connectivity index (χ2v) is 15.8. The smallest absolute Gasteiger partial charge is 0.748 e. The number of hydrogen-bond acceptors (Lipinski definition) is 6. The third kappa shape index (κ3) is 36.1. The zero-order valence-corrected chi connectivity index (χ0v) is 35.0. The Kier molecular flexibility index (Phi) is 39.4. The molecule has 0 aliphatic carbocycles. The van der Waals surface area contributed by atoms with E-state index in [9.17, 15) is 25.9 Å². The minimum absolute atomic E-state index is 0. The molecule has 0 N–H and O–H groups in total. The normalized spacial score (nSPS) is 13.2. The molecule has 0 aromatic heterocycles. The fraction of sp³-hybridized carbons (Fsp3) is 1.00. The predicted molar refractivity (Wildman–Crippen MR) is 185 cm³/mol. The van der Waals surface area contributed by atoms with Gasteiger partial charge in [0.15, 0.2) is 0 Å². The zero-order chi connectivity index (χ0) is 32.0. The molecule has 0 aliphatic rings. The van der Waals surface area contributed by atoms with E-state index in [1.165, 1.54) is 89.9 Å². The van der Waals surface area contributed by atoms with Crippen LogP contribution in [-0.2, 0) is 20.2 Å². The third-order valence-electron chi connectivity index (χ3n) is 8.34. The van der Waals surface area contributed by atoms with Crippen molar-refractivity contribution < 1.29 is 25.9 Å². The zero-order valence-electron chi connectivity index (χ0n) is 28.9. The first-order valence-electron chi connectivity index (χ1n) is 17.9. The topological polar surface area (TPSA) is 114 Å². The van der Waals surface area contributed by atoms with Crippen molar-refractivity contribution in [2.75, 3.05) is 0 Å². The van der Waals surface area contributed by atoms with Crippen LogP contribution in [0.5, 0.6) is 0 Å². The van der Waals surface area contributed by atoms with Crippen LogP contribution < -0.4 is 0 Å². The number of hydrogen-bond donors (Lipinski definition) is 0. The molecule has 6 nitrogen and oxygen atoms in total. The van der Waals surface area contributed by atoms with Crippen LogP contribution in [0.2, 0.25) is 0 Å². The SMILES string of the molecule is CCCCCCCCCCCC(CCCCC)S(=O)(=O)[O-].CCCCCCCCCCCC(CCCCC)S(=O)(=O)[O-].[Ba+2]. The van der Waals surface area contributed by atoms with Crippen LogP contribution in [-0.4, -0.2) is 85.3 Å². The summed E-state index contributed by atoms with van der Waals surface area (Å²) in [6.45, 7) is 8.62. The Balaban J connectivity index is -0.000000727. The molecule has 0 rings (SSSR count). The second-order valence-electron chi connectivity index (χ2n) is 12.5. The van der Waals surface area contributed by atoms with E-state index in [0.29, 0.717) is 25.7 Å². The van der Waals surface area contributed by atoms with Crippen molar-refractivity contribution in [3.05, 3.63) is 0 Å². The van der Waals surface area contributed by atoms with E-state index in [4.69, 9.17) is 0 Å². The largest absolute Gasteiger partial charge is 2.00 e. The summed E-state index contributed by atoms with van der Waals surface area (Å²) in [7, 11) is -8.21. The van der Waals surface area contributed by atoms with Gasteiger partial charge in [0.05, 0.1) is 20.2 Å². The third-order valence-corrected chi connectivity index (χ3v) is 10.9. The Bertz CT molecular complexity index is 695. The molecule has 0 amide bonds. The summed E-state index contributed by atoms with van der Waals surface area (Å²) in [6, 6.07) is 0. The van der Waals surface area contributed by atoms with Crippen molar-refractivity contribution in [1.29, 1.82) is 0 Å². The summed E-state index contributed by atoms with van der Waals surface area (Å²) in [5, 5.41) is -1.29. The molecule has 0 bridgehead atoms. The molecule has 0 radical (unpaired) electrons. The average Bonchev–Trinajstić information content (AvgIpc) is 2.92. The standard InChI is InChI=1S/2C17H36O3S.Ba/c2*1-3-5-7-8-9-10-11-12-14-16-17(21(18,19)20)15-13-6-4-2;/h2*17H,3-16H2,1-2H3,(H,18,19,20);/q;;+2/p-2. The molecule has 0 saturated heterocycles. The van der Waals surface area contributed by atoms with E-state index in [1.807, 2.05) is 0 Å². The van der Waals surface area contributed by atoms with E-state index in [0.717, 1.165) is 64.2 Å². The molecule has 0 aliphatic heterocycles. The molecule has 0 spiro atoms. The first kappa shape index (κ1) is 48.8. The monoisotopic (exact) mass is 776 g/mol. The summed E-state index contributed by atoms with van der Waals surface area (Å²) in [5.41, 5.74) is 0. The fourth-order valence-corrected chi connectivity index (χ4v) is 7.30. The average molecular weight is 776 g/mol. The van der Waals surface area contributed by atoms with Gasteiger partial charge in [-0.3, -0.25) is 0 Å². The van der Waals surface area contributed by atoms with Crippen LogP contribution in [0.25, 0.3) is 0 Å². The van der Waals surface area contributed by atoms with Gasteiger partial charge in [0.1, 0.15) is 0 Å². The van der Waals surface area contributed by atoms with Gasteiger partial charge in [-0.25, -0.2) is 16.8 Å². The van der Waals surface area contributed by atoms with E-state index < -0.39 is 30.7 Å². The van der Waals surface area contributed by atoms with Crippen molar-refractivity contribution in [3.63, 3.8) is 0 Å². The first-order valence-corrected chi connectivity index (χ1v) is 20.9. The Morgan fingerprint density at radius 2 is 0.512 bits per heavy atom. The van der Waals surface area contributed by atoms with Gasteiger partial charge >= 0.3 is 48.9 Å². The Morgan fingerprint density at radius 3 is 0.721 bits per heavy atom. The van der Waals surface area contributed by atoms with E-state index in [1.54, 1.807) is 0 Å². The molecule has 0 heterocycles. The molecule has 2 atom stereocenters. The Hall–Kier alpha value is 1.39. The minimum Gasteiger partial charge on any atom is -0.748 e. The molecule has 0 aromatic rings. The van der Waals surface area contributed by atoms with E-state index in [-0.39, 0.29) is 48.9 Å². The van der Waals surface area contributed by atoms with Gasteiger partial charge in [-0.2, -0.15) is 0 Å². The predicted octanol–water partition coefficient (Wildman–Crippen LogP) is 10.4. The van der Waals surface area contributed by atoms with Crippen LogP contribution >= 0.6 is 0 Å². The quantitative estimate of drug-likeness (QED) is 0.0408. The first-order chi connectivity index (χ1) is 20.0. The van der Waals surface area contributed by atoms with Crippen molar-refractivity contribution in [2.45, 2.75) is 218 Å². The maximum absolute atomic E-state index is 11.2. The molecular weight excluding hydrogens is 706 g/mol. The molecule has 0 fully saturated rings. The minimum atomic E-state index is -4.10. The van der Waals surface area contributed by atoms with Crippen LogP contribution in [0, 0.1) is 0 Å². The maximum Gasteiger partial charge on any atom is 2.00 e. The Labute approximate surface area is 310 Å². The number of rotatable bonds is 30. The second kappa shape index (κ2) is 34.7. The van der Waals surface area contributed by atoms with Gasteiger partial charge in [-0.1, -0.05) is 182 Å². The van der Waals surface area contributed by atoms with Crippen molar-refractivity contribution in [3.8, 4) is 0 Å². The van der Waals surface area contributed by atoms with Gasteiger partial charge < -0.3 is 9.11 Å². The number of unbranched alkanes of at least 4 members (excludes halogenated alkanes) is 20. The molecule has 2 unspecified atom stereocenters. The van der Waals surface area contributed by atoms with Gasteiger partial charge in [0, 0.05) is 10.5 Å². The molecule has 0 aromatic carbocycles. The van der Waals surface area contributed by atoms with Crippen LogP contribution in [0.15, 0.2) is 0 Å². The molecule has 9 heteroatoms. The Morgan fingerprint density at radius 1 is 0.349 bits per heavy atom. The summed E-state index contributed by atoms with van der Waals surface area (Å²) in [5.74, 6) is 0. The van der Waals surface area contributed by atoms with E-state index in [2.05, 4.69) is 27.7 Å². The van der Waals surface area contributed by atoms with E-state index >= 15 is 0 Å². The van der Waals surface area contributed by atoms with Crippen LogP contribution in [0.1, 0.15) is 207 Å². The molecule has 0 saturated carbocycles. The van der Waals surface area contributed by atoms with Crippen molar-refractivity contribution >= 4 is 69.1 Å². The molecule has 256 valence electrons. The fourth-order valence-electron chi connectivity index (χ4n) is 5.48. The maximum atomic E-state index is 11.2. The van der Waals surface area contributed by atoms with Crippen molar-refractivity contribution in [1.82, 2.24) is 0 Å². The van der Waals surface area contributed by atoms with Gasteiger partial charge in [-0.05, 0) is 25.7 Å². The summed E-state index contributed by atoms with van der Waals surface area (Å²) in [4.78, 5) is 0. The molecular formula is C34H70BaO6S2. The van der Waals surface area contributed by atoms with Gasteiger partial charge in [0.2, 0.25) is 0 Å². The summed E-state index contributed by atoms with van der Waals surface area (Å²) < 4.78 is 67.4. The summed E-state index contributed by atoms with van der Waals surface area (Å²) in [6.07, 6.45) is 30.0. The van der Waals surface area contributed by atoms with Crippen LogP contribution in [0.4, 0.5) is 0 Å². The van der Waals surface area contributed by atoms with Gasteiger partial charge in [-0.15, -0.1) is 0 Å². The van der Waals surface area contributed by atoms with Crippen LogP contribution in [0.3, 0.4) is 0 Å². The van der Waals surface area contributed by atoms with Crippen molar-refractivity contribution in [2.24, 2.45) is 0 Å². The summed E-state index contributed by atoms with van der Waals surface area (Å²) >= 11 is 0. The molecule has 43 heavy (non-hydrogen) atoms.